The molecule has 0 spiro atoms. The summed E-state index contributed by atoms with van der Waals surface area (Å²) < 4.78 is 0. The van der Waals surface area contributed by atoms with Crippen LogP contribution in [-0.4, -0.2) is 12.8 Å². The van der Waals surface area contributed by atoms with Crippen LogP contribution in [0.5, 0.6) is 0 Å². The largest absolute Gasteiger partial charge is 0.398 e. The van der Waals surface area contributed by atoms with Crippen molar-refractivity contribution in [3.63, 3.8) is 0 Å². The average Bonchev–Trinajstić information content (AvgIpc) is 2.99. The highest BCUT2D eigenvalue weighted by Gasteiger charge is 2.21. The number of nitrogens with zero attached hydrogens (tertiary/aromatic N) is 1. The van der Waals surface area contributed by atoms with E-state index >= 15 is 0 Å². The van der Waals surface area contributed by atoms with Crippen LogP contribution >= 0.6 is 0 Å². The Balaban J connectivity index is 1.85. The highest BCUT2D eigenvalue weighted by molar-refractivity contribution is 5.86. The maximum absolute atomic E-state index is 5.73. The molecular formula is C11H14N2O. The molecule has 0 radical (unpaired) electrons. The van der Waals surface area contributed by atoms with Gasteiger partial charge in [-0.15, -0.1) is 0 Å². The first-order valence-electron chi connectivity index (χ1n) is 4.86. The maximum atomic E-state index is 5.73. The molecule has 1 aromatic carbocycles. The first kappa shape index (κ1) is 9.06. The van der Waals surface area contributed by atoms with E-state index in [0.29, 0.717) is 0 Å². The summed E-state index contributed by atoms with van der Waals surface area (Å²) in [5.74, 6) is 0.736. The van der Waals surface area contributed by atoms with Gasteiger partial charge in [-0.25, -0.2) is 0 Å². The lowest BCUT2D eigenvalue weighted by molar-refractivity contribution is 0.135. The minimum Gasteiger partial charge on any atom is -0.398 e. The number of para-hydroxylation sites is 1. The van der Waals surface area contributed by atoms with Crippen LogP contribution in [0.1, 0.15) is 18.4 Å². The van der Waals surface area contributed by atoms with Gasteiger partial charge >= 0.3 is 0 Å². The van der Waals surface area contributed by atoms with Crippen LogP contribution < -0.4 is 5.73 Å². The molecule has 2 N–H and O–H groups in total. The summed E-state index contributed by atoms with van der Waals surface area (Å²) in [6.07, 6.45) is 4.23. The molecule has 0 unspecified atom stereocenters. The molecule has 0 atom stereocenters. The SMILES string of the molecule is Nc1ccccc1C=NOCC1CC1. The van der Waals surface area contributed by atoms with Crippen LogP contribution in [0.15, 0.2) is 29.4 Å². The van der Waals surface area contributed by atoms with Crippen LogP contribution in [0.4, 0.5) is 5.69 Å². The molecule has 1 aliphatic rings. The van der Waals surface area contributed by atoms with Gasteiger partial charge in [0.1, 0.15) is 6.61 Å². The van der Waals surface area contributed by atoms with Crippen molar-refractivity contribution >= 4 is 11.9 Å². The van der Waals surface area contributed by atoms with Crippen molar-refractivity contribution in [1.29, 1.82) is 0 Å². The zero-order chi connectivity index (χ0) is 9.80. The number of rotatable bonds is 4. The molecule has 74 valence electrons. The van der Waals surface area contributed by atoms with Gasteiger partial charge in [-0.3, -0.25) is 0 Å². The Hall–Kier alpha value is -1.51. The summed E-state index contributed by atoms with van der Waals surface area (Å²) >= 11 is 0. The molecule has 0 bridgehead atoms. The number of nitrogens with two attached hydrogens (primary N) is 1. The monoisotopic (exact) mass is 190 g/mol. The number of benzene rings is 1. The predicted octanol–water partition coefficient (Wildman–Crippen LogP) is 2.03. The summed E-state index contributed by atoms with van der Waals surface area (Å²) in [6.45, 7) is 0.739. The Morgan fingerprint density at radius 3 is 2.93 bits per heavy atom. The topological polar surface area (TPSA) is 47.6 Å². The lowest BCUT2D eigenvalue weighted by atomic mass is 10.2. The number of nitrogen functional groups attached to an aromatic ring is 1. The van der Waals surface area contributed by atoms with E-state index in [9.17, 15) is 0 Å². The standard InChI is InChI=1S/C11H14N2O/c12-11-4-2-1-3-10(11)7-13-14-8-9-5-6-9/h1-4,7,9H,5-6,8,12H2. The van der Waals surface area contributed by atoms with Crippen molar-refractivity contribution in [2.45, 2.75) is 12.8 Å². The molecule has 0 heterocycles. The van der Waals surface area contributed by atoms with E-state index in [1.54, 1.807) is 6.21 Å². The van der Waals surface area contributed by atoms with E-state index in [4.69, 9.17) is 10.6 Å². The van der Waals surface area contributed by atoms with Gasteiger partial charge in [-0.05, 0) is 24.8 Å². The van der Waals surface area contributed by atoms with Gasteiger partial charge in [0.05, 0.1) is 6.21 Å². The minimum absolute atomic E-state index is 0.728. The minimum atomic E-state index is 0.728. The van der Waals surface area contributed by atoms with Crippen molar-refractivity contribution in [3.05, 3.63) is 29.8 Å². The van der Waals surface area contributed by atoms with Crippen molar-refractivity contribution in [1.82, 2.24) is 0 Å². The molecule has 1 aliphatic carbocycles. The molecule has 0 aromatic heterocycles. The quantitative estimate of drug-likeness (QED) is 0.448. The first-order chi connectivity index (χ1) is 6.86. The van der Waals surface area contributed by atoms with Crippen molar-refractivity contribution in [3.8, 4) is 0 Å². The highest BCUT2D eigenvalue weighted by atomic mass is 16.6. The Bertz CT molecular complexity index is 332. The molecule has 3 heteroatoms. The Morgan fingerprint density at radius 2 is 2.21 bits per heavy atom. The molecule has 14 heavy (non-hydrogen) atoms. The molecule has 3 nitrogen and oxygen atoms in total. The van der Waals surface area contributed by atoms with Gasteiger partial charge in [0.25, 0.3) is 0 Å². The number of oxime groups is 1. The van der Waals surface area contributed by atoms with Crippen molar-refractivity contribution < 1.29 is 4.84 Å². The van der Waals surface area contributed by atoms with E-state index in [1.165, 1.54) is 12.8 Å². The van der Waals surface area contributed by atoms with Gasteiger partial charge in [-0.2, -0.15) is 0 Å². The van der Waals surface area contributed by atoms with Crippen LogP contribution in [0.25, 0.3) is 0 Å². The molecule has 1 fully saturated rings. The fourth-order valence-electron chi connectivity index (χ4n) is 1.16. The Labute approximate surface area is 83.6 Å². The Kier molecular flexibility index (Phi) is 2.68. The average molecular weight is 190 g/mol. The third kappa shape index (κ3) is 2.49. The number of hydrogen-bond acceptors (Lipinski definition) is 3. The fourth-order valence-corrected chi connectivity index (χ4v) is 1.16. The van der Waals surface area contributed by atoms with Gasteiger partial charge in [0.15, 0.2) is 0 Å². The Morgan fingerprint density at radius 1 is 1.43 bits per heavy atom. The predicted molar refractivity (Wildman–Crippen MR) is 57.1 cm³/mol. The van der Waals surface area contributed by atoms with Gasteiger partial charge in [-0.1, -0.05) is 23.4 Å². The van der Waals surface area contributed by atoms with Gasteiger partial charge < -0.3 is 10.6 Å². The van der Waals surface area contributed by atoms with Crippen molar-refractivity contribution in [2.75, 3.05) is 12.3 Å². The molecule has 1 aromatic rings. The van der Waals surface area contributed by atoms with Gasteiger partial charge in [0, 0.05) is 11.3 Å². The second kappa shape index (κ2) is 4.13. The van der Waals surface area contributed by atoms with E-state index in [-0.39, 0.29) is 0 Å². The lowest BCUT2D eigenvalue weighted by Gasteiger charge is -1.98. The van der Waals surface area contributed by atoms with E-state index in [1.807, 2.05) is 24.3 Å². The fraction of sp³-hybridized carbons (Fsp3) is 0.364. The molecule has 0 aliphatic heterocycles. The second-order valence-corrected chi connectivity index (χ2v) is 3.60. The van der Waals surface area contributed by atoms with Crippen LogP contribution in [0, 0.1) is 5.92 Å². The molecule has 1 saturated carbocycles. The van der Waals surface area contributed by atoms with Crippen LogP contribution in [-0.2, 0) is 4.84 Å². The lowest BCUT2D eigenvalue weighted by Crippen LogP contribution is -1.94. The normalized spacial score (nSPS) is 16.0. The zero-order valence-electron chi connectivity index (χ0n) is 8.02. The summed E-state index contributed by atoms with van der Waals surface area (Å²) in [5, 5.41) is 3.88. The smallest absolute Gasteiger partial charge is 0.120 e. The summed E-state index contributed by atoms with van der Waals surface area (Å²) in [5.41, 5.74) is 7.36. The summed E-state index contributed by atoms with van der Waals surface area (Å²) in [7, 11) is 0. The van der Waals surface area contributed by atoms with Crippen LogP contribution in [0.3, 0.4) is 0 Å². The van der Waals surface area contributed by atoms with Crippen LogP contribution in [0.2, 0.25) is 0 Å². The third-order valence-corrected chi connectivity index (χ3v) is 2.27. The third-order valence-electron chi connectivity index (χ3n) is 2.27. The molecular weight excluding hydrogens is 176 g/mol. The summed E-state index contributed by atoms with van der Waals surface area (Å²) in [6, 6.07) is 7.60. The molecule has 0 saturated heterocycles. The second-order valence-electron chi connectivity index (χ2n) is 3.60. The van der Waals surface area contributed by atoms with Crippen molar-refractivity contribution in [2.24, 2.45) is 11.1 Å². The van der Waals surface area contributed by atoms with E-state index in [0.717, 1.165) is 23.8 Å². The van der Waals surface area contributed by atoms with E-state index < -0.39 is 0 Å². The van der Waals surface area contributed by atoms with Gasteiger partial charge in [0.2, 0.25) is 0 Å². The summed E-state index contributed by atoms with van der Waals surface area (Å²) in [4.78, 5) is 5.13. The number of hydrogen-bond donors (Lipinski definition) is 1. The molecule has 0 amide bonds. The maximum Gasteiger partial charge on any atom is 0.120 e. The first-order valence-corrected chi connectivity index (χ1v) is 4.86. The highest BCUT2D eigenvalue weighted by Crippen LogP contribution is 2.28. The van der Waals surface area contributed by atoms with E-state index in [2.05, 4.69) is 5.16 Å². The molecule has 2 rings (SSSR count). The number of anilines is 1. The zero-order valence-corrected chi connectivity index (χ0v) is 8.02.